The van der Waals surface area contributed by atoms with Crippen LogP contribution in [0.2, 0.25) is 0 Å². The first-order valence-corrected chi connectivity index (χ1v) is 9.24. The summed E-state index contributed by atoms with van der Waals surface area (Å²) < 4.78 is 41.5. The quantitative estimate of drug-likeness (QED) is 0.672. The zero-order valence-corrected chi connectivity index (χ0v) is 15.5. The van der Waals surface area contributed by atoms with Gasteiger partial charge in [0.25, 0.3) is 0 Å². The van der Waals surface area contributed by atoms with E-state index < -0.39 is 12.8 Å². The van der Waals surface area contributed by atoms with Crippen LogP contribution in [-0.2, 0) is 6.54 Å². The van der Waals surface area contributed by atoms with Gasteiger partial charge >= 0.3 is 12.2 Å². The number of carbonyl (C=O) groups is 1. The summed E-state index contributed by atoms with van der Waals surface area (Å²) in [4.78, 5) is 18.1. The Morgan fingerprint density at radius 1 is 1.37 bits per heavy atom. The third-order valence-electron chi connectivity index (χ3n) is 4.51. The first kappa shape index (κ1) is 21.3. The van der Waals surface area contributed by atoms with Crippen LogP contribution in [-0.4, -0.2) is 54.4 Å². The Hall–Kier alpha value is -2.03. The molecule has 1 aromatic rings. The van der Waals surface area contributed by atoms with Crippen LogP contribution in [0.15, 0.2) is 18.3 Å². The van der Waals surface area contributed by atoms with Crippen molar-refractivity contribution in [3.8, 4) is 5.88 Å². The molecule has 1 saturated heterocycles. The van der Waals surface area contributed by atoms with Crippen LogP contribution in [0.3, 0.4) is 0 Å². The first-order chi connectivity index (χ1) is 12.8. The predicted molar refractivity (Wildman–Crippen MR) is 95.5 cm³/mol. The molecule has 1 unspecified atom stereocenters. The largest absolute Gasteiger partial charge is 0.468 e. The molecule has 2 N–H and O–H groups in total. The molecule has 2 heterocycles. The highest BCUT2D eigenvalue weighted by Gasteiger charge is 2.29. The maximum Gasteiger partial charge on any atom is 0.422 e. The van der Waals surface area contributed by atoms with Crippen molar-refractivity contribution < 1.29 is 22.7 Å². The van der Waals surface area contributed by atoms with Crippen molar-refractivity contribution >= 4 is 6.03 Å². The maximum atomic E-state index is 12.3. The number of ether oxygens (including phenoxy) is 1. The Bertz CT molecular complexity index is 598. The molecule has 1 aromatic heterocycles. The lowest BCUT2D eigenvalue weighted by Gasteiger charge is -2.33. The van der Waals surface area contributed by atoms with Crippen molar-refractivity contribution in [3.63, 3.8) is 0 Å². The van der Waals surface area contributed by atoms with Crippen LogP contribution in [0, 0.1) is 0 Å². The summed E-state index contributed by atoms with van der Waals surface area (Å²) >= 11 is 0. The number of nitrogens with zero attached hydrogens (tertiary/aromatic N) is 2. The third-order valence-corrected chi connectivity index (χ3v) is 4.51. The van der Waals surface area contributed by atoms with Crippen LogP contribution in [0.1, 0.15) is 38.2 Å². The zero-order chi connectivity index (χ0) is 19.7. The summed E-state index contributed by atoms with van der Waals surface area (Å²) in [5, 5.41) is 5.38. The number of pyridine rings is 1. The molecule has 0 saturated carbocycles. The average molecular weight is 388 g/mol. The second-order valence-corrected chi connectivity index (χ2v) is 6.72. The van der Waals surface area contributed by atoms with Gasteiger partial charge in [-0.05, 0) is 38.8 Å². The number of amides is 2. The highest BCUT2D eigenvalue weighted by atomic mass is 19.4. The number of halogens is 3. The number of hydrogen-bond donors (Lipinski definition) is 2. The highest BCUT2D eigenvalue weighted by molar-refractivity contribution is 5.73. The van der Waals surface area contributed by atoms with Gasteiger partial charge in [-0.1, -0.05) is 12.5 Å². The molecule has 1 fully saturated rings. The molecule has 27 heavy (non-hydrogen) atoms. The van der Waals surface area contributed by atoms with Gasteiger partial charge in [-0.15, -0.1) is 0 Å². The number of urea groups is 1. The van der Waals surface area contributed by atoms with E-state index in [1.165, 1.54) is 25.5 Å². The molecule has 0 spiro atoms. The monoisotopic (exact) mass is 388 g/mol. The van der Waals surface area contributed by atoms with Gasteiger partial charge in [0.1, 0.15) is 0 Å². The van der Waals surface area contributed by atoms with Crippen LogP contribution < -0.4 is 15.4 Å². The van der Waals surface area contributed by atoms with Crippen molar-refractivity contribution in [2.45, 2.75) is 51.4 Å². The molecule has 0 aliphatic carbocycles. The number of alkyl halides is 3. The minimum absolute atomic E-state index is 0.0377. The van der Waals surface area contributed by atoms with E-state index in [9.17, 15) is 18.0 Å². The number of aromatic nitrogens is 1. The number of nitrogens with one attached hydrogen (secondary N) is 2. The normalized spacial score (nSPS) is 18.1. The lowest BCUT2D eigenvalue weighted by Crippen LogP contribution is -2.40. The average Bonchev–Trinajstić information content (AvgIpc) is 2.63. The standard InChI is InChI=1S/C18H27F3N4O2/c1-14-6-2-3-10-25(14)11-5-9-23-17(26)24-12-15-7-4-8-22-16(15)27-13-18(19,20)21/h4,7-8,14H,2-3,5-6,9-13H2,1H3,(H2,23,24,26). The Morgan fingerprint density at radius 2 is 2.19 bits per heavy atom. The smallest absolute Gasteiger partial charge is 0.422 e. The van der Waals surface area contributed by atoms with Gasteiger partial charge in [-0.25, -0.2) is 9.78 Å². The summed E-state index contributed by atoms with van der Waals surface area (Å²) in [6.07, 6.45) is 1.48. The second-order valence-electron chi connectivity index (χ2n) is 6.72. The van der Waals surface area contributed by atoms with Crippen molar-refractivity contribution in [2.75, 3.05) is 26.2 Å². The molecule has 6 nitrogen and oxygen atoms in total. The molecule has 152 valence electrons. The maximum absolute atomic E-state index is 12.3. The van der Waals surface area contributed by atoms with Gasteiger partial charge in [-0.3, -0.25) is 0 Å². The molecule has 1 aliphatic rings. The summed E-state index contributed by atoms with van der Waals surface area (Å²) in [6.45, 7) is 3.44. The van der Waals surface area contributed by atoms with E-state index in [1.807, 2.05) is 0 Å². The summed E-state index contributed by atoms with van der Waals surface area (Å²) in [5.74, 6) is -0.130. The molecule has 1 aliphatic heterocycles. The van der Waals surface area contributed by atoms with Crippen molar-refractivity contribution in [2.24, 2.45) is 0 Å². The van der Waals surface area contributed by atoms with Crippen molar-refractivity contribution in [1.29, 1.82) is 0 Å². The SMILES string of the molecule is CC1CCCCN1CCCNC(=O)NCc1cccnc1OCC(F)(F)F. The molecular formula is C18H27F3N4O2. The van der Waals surface area contributed by atoms with Crippen LogP contribution >= 0.6 is 0 Å². The highest BCUT2D eigenvalue weighted by Crippen LogP contribution is 2.20. The first-order valence-electron chi connectivity index (χ1n) is 9.24. The van der Waals surface area contributed by atoms with E-state index in [0.29, 0.717) is 18.2 Å². The van der Waals surface area contributed by atoms with Gasteiger partial charge in [0.15, 0.2) is 6.61 Å². The van der Waals surface area contributed by atoms with E-state index >= 15 is 0 Å². The van der Waals surface area contributed by atoms with Gasteiger partial charge in [-0.2, -0.15) is 13.2 Å². The number of piperidine rings is 1. The fraction of sp³-hybridized carbons (Fsp3) is 0.667. The van der Waals surface area contributed by atoms with Crippen LogP contribution in [0.4, 0.5) is 18.0 Å². The topological polar surface area (TPSA) is 66.5 Å². The molecule has 0 aromatic carbocycles. The second kappa shape index (κ2) is 10.3. The summed E-state index contributed by atoms with van der Waals surface area (Å²) in [7, 11) is 0. The number of likely N-dealkylation sites (tertiary alicyclic amines) is 1. The molecule has 9 heteroatoms. The summed E-state index contributed by atoms with van der Waals surface area (Å²) in [6, 6.07) is 3.37. The minimum Gasteiger partial charge on any atom is -0.468 e. The number of hydrogen-bond acceptors (Lipinski definition) is 4. The molecule has 0 radical (unpaired) electrons. The van der Waals surface area contributed by atoms with E-state index in [4.69, 9.17) is 4.74 Å². The lowest BCUT2D eigenvalue weighted by molar-refractivity contribution is -0.154. The molecule has 2 amide bonds. The number of rotatable bonds is 8. The van der Waals surface area contributed by atoms with E-state index in [-0.39, 0.29) is 18.5 Å². The number of carbonyl (C=O) groups excluding carboxylic acids is 1. The Labute approximate surface area is 157 Å². The predicted octanol–water partition coefficient (Wildman–Crippen LogP) is 3.09. The van der Waals surface area contributed by atoms with Gasteiger partial charge < -0.3 is 20.3 Å². The van der Waals surface area contributed by atoms with E-state index in [1.54, 1.807) is 12.1 Å². The van der Waals surface area contributed by atoms with Crippen LogP contribution in [0.25, 0.3) is 0 Å². The Kier molecular flexibility index (Phi) is 8.15. The molecule has 2 rings (SSSR count). The van der Waals surface area contributed by atoms with Gasteiger partial charge in [0, 0.05) is 37.4 Å². The molecular weight excluding hydrogens is 361 g/mol. The third kappa shape index (κ3) is 8.03. The molecule has 1 atom stereocenters. The van der Waals surface area contributed by atoms with Crippen molar-refractivity contribution in [3.05, 3.63) is 23.9 Å². The zero-order valence-electron chi connectivity index (χ0n) is 15.5. The van der Waals surface area contributed by atoms with E-state index in [2.05, 4.69) is 27.4 Å². The summed E-state index contributed by atoms with van der Waals surface area (Å²) in [5.41, 5.74) is 0.388. The van der Waals surface area contributed by atoms with Gasteiger partial charge in [0.05, 0.1) is 0 Å². The molecule has 0 bridgehead atoms. The van der Waals surface area contributed by atoms with Crippen LogP contribution in [0.5, 0.6) is 5.88 Å². The lowest BCUT2D eigenvalue weighted by atomic mass is 10.0. The van der Waals surface area contributed by atoms with Crippen molar-refractivity contribution in [1.82, 2.24) is 20.5 Å². The fourth-order valence-electron chi connectivity index (χ4n) is 3.05. The Morgan fingerprint density at radius 3 is 2.93 bits per heavy atom. The van der Waals surface area contributed by atoms with Gasteiger partial charge in [0.2, 0.25) is 5.88 Å². The fourth-order valence-corrected chi connectivity index (χ4v) is 3.05. The minimum atomic E-state index is -4.44. The van der Waals surface area contributed by atoms with E-state index in [0.717, 1.165) is 19.5 Å². The Balaban J connectivity index is 1.68.